The Morgan fingerprint density at radius 1 is 1.18 bits per heavy atom. The van der Waals surface area contributed by atoms with Crippen molar-refractivity contribution in [2.75, 3.05) is 5.32 Å². The van der Waals surface area contributed by atoms with E-state index in [0.29, 0.717) is 21.7 Å². The molecule has 0 unspecified atom stereocenters. The third kappa shape index (κ3) is 5.68. The first kappa shape index (κ1) is 28.4. The molecule has 0 saturated carbocycles. The number of carbonyl (C=O) groups is 2. The molecule has 2 aliphatic heterocycles. The van der Waals surface area contributed by atoms with Crippen LogP contribution in [0.3, 0.4) is 0 Å². The molecule has 4 rings (SSSR count). The van der Waals surface area contributed by atoms with Crippen LogP contribution in [-0.4, -0.2) is 62.7 Å². The monoisotopic (exact) mass is 552 g/mol. The lowest BCUT2D eigenvalue weighted by atomic mass is 10.0. The summed E-state index contributed by atoms with van der Waals surface area (Å²) in [6.07, 6.45) is -0.701. The Balaban J connectivity index is 1.70. The first-order valence-electron chi connectivity index (χ1n) is 13.0. The zero-order valence-corrected chi connectivity index (χ0v) is 23.1. The van der Waals surface area contributed by atoms with Gasteiger partial charge >= 0.3 is 6.18 Å². The van der Waals surface area contributed by atoms with Gasteiger partial charge in [0, 0.05) is 17.8 Å². The zero-order valence-electron chi connectivity index (χ0n) is 22.3. The van der Waals surface area contributed by atoms with Crippen LogP contribution in [0.2, 0.25) is 0 Å². The summed E-state index contributed by atoms with van der Waals surface area (Å²) in [5, 5.41) is 15.6. The lowest BCUT2D eigenvalue weighted by Gasteiger charge is -2.26. The van der Waals surface area contributed by atoms with Crippen LogP contribution in [0.25, 0.3) is 10.4 Å². The fourth-order valence-electron chi connectivity index (χ4n) is 5.17. The molecule has 11 heteroatoms. The number of rotatable bonds is 8. The highest BCUT2D eigenvalue weighted by molar-refractivity contribution is 7.17. The number of benzene rings is 1. The van der Waals surface area contributed by atoms with Crippen molar-refractivity contribution in [1.29, 1.82) is 0 Å². The second-order valence-electron chi connectivity index (χ2n) is 10.9. The van der Waals surface area contributed by atoms with Gasteiger partial charge in [0.25, 0.3) is 11.8 Å². The minimum atomic E-state index is -4.38. The van der Waals surface area contributed by atoms with E-state index in [-0.39, 0.29) is 35.1 Å². The molecule has 1 aromatic heterocycles. The third-order valence-corrected chi connectivity index (χ3v) is 8.82. The molecule has 2 fully saturated rings. The zero-order chi connectivity index (χ0) is 28.0. The average molecular weight is 553 g/mol. The number of nitrogens with one attached hydrogen (secondary N) is 2. The van der Waals surface area contributed by atoms with E-state index < -0.39 is 29.8 Å². The minimum absolute atomic E-state index is 0.0933. The number of hydrogen-bond acceptors (Lipinski definition) is 6. The van der Waals surface area contributed by atoms with Crippen molar-refractivity contribution in [3.63, 3.8) is 0 Å². The number of thiazole rings is 1. The number of aliphatic hydroxyl groups is 1. The van der Waals surface area contributed by atoms with Crippen molar-refractivity contribution in [1.82, 2.24) is 15.2 Å². The van der Waals surface area contributed by atoms with E-state index in [2.05, 4.69) is 15.6 Å². The van der Waals surface area contributed by atoms with E-state index in [9.17, 15) is 27.9 Å². The Morgan fingerprint density at radius 3 is 2.29 bits per heavy atom. The van der Waals surface area contributed by atoms with E-state index in [1.165, 1.54) is 6.92 Å². The average Bonchev–Trinajstić information content (AvgIpc) is 3.55. The van der Waals surface area contributed by atoms with Gasteiger partial charge in [-0.1, -0.05) is 13.0 Å². The van der Waals surface area contributed by atoms with Crippen LogP contribution in [0.4, 0.5) is 18.9 Å². The van der Waals surface area contributed by atoms with Crippen molar-refractivity contribution in [2.24, 2.45) is 0 Å². The van der Waals surface area contributed by atoms with Gasteiger partial charge in [-0.15, -0.1) is 11.3 Å². The Kier molecular flexibility index (Phi) is 7.82. The Bertz CT molecular complexity index is 1190. The number of nitrogens with zero attached hydrogens (tertiary/aromatic N) is 2. The summed E-state index contributed by atoms with van der Waals surface area (Å²) in [6, 6.07) is 2.93. The molecule has 2 amide bonds. The summed E-state index contributed by atoms with van der Waals surface area (Å²) in [6.45, 7) is 8.09. The number of halogens is 3. The minimum Gasteiger partial charge on any atom is -0.388 e. The van der Waals surface area contributed by atoms with Gasteiger partial charge in [-0.2, -0.15) is 13.2 Å². The maximum atomic E-state index is 13.8. The van der Waals surface area contributed by atoms with Gasteiger partial charge in [-0.25, -0.2) is 4.98 Å². The molecule has 0 aliphatic carbocycles. The Hall–Kier alpha value is -2.66. The first-order chi connectivity index (χ1) is 17.7. The van der Waals surface area contributed by atoms with Crippen LogP contribution in [0.1, 0.15) is 85.7 Å². The second-order valence-corrected chi connectivity index (χ2v) is 11.9. The number of aryl methyl sites for hydroxylation is 1. The molecule has 2 atom stereocenters. The van der Waals surface area contributed by atoms with Gasteiger partial charge < -0.3 is 20.6 Å². The molecule has 7 nitrogen and oxygen atoms in total. The summed E-state index contributed by atoms with van der Waals surface area (Å²) in [5.41, 5.74) is 0.640. The largest absolute Gasteiger partial charge is 0.408 e. The molecular formula is C27H35F3N4O3S. The van der Waals surface area contributed by atoms with Crippen molar-refractivity contribution < 1.29 is 27.9 Å². The van der Waals surface area contributed by atoms with Gasteiger partial charge in [0.05, 0.1) is 16.5 Å². The normalized spacial score (nSPS) is 20.9. The molecule has 1 aromatic carbocycles. The third-order valence-electron chi connectivity index (χ3n) is 7.73. The highest BCUT2D eigenvalue weighted by Crippen LogP contribution is 2.41. The number of anilines is 1. The van der Waals surface area contributed by atoms with Crippen molar-refractivity contribution in [3.8, 4) is 10.4 Å². The highest BCUT2D eigenvalue weighted by atomic mass is 32.1. The van der Waals surface area contributed by atoms with Crippen LogP contribution in [0.5, 0.6) is 0 Å². The molecule has 2 aromatic rings. The highest BCUT2D eigenvalue weighted by Gasteiger charge is 2.44. The molecule has 38 heavy (non-hydrogen) atoms. The van der Waals surface area contributed by atoms with Crippen molar-refractivity contribution in [2.45, 2.75) is 103 Å². The quantitative estimate of drug-likeness (QED) is 0.401. The molecule has 0 radical (unpaired) electrons. The number of alkyl halides is 3. The van der Waals surface area contributed by atoms with Crippen LogP contribution < -0.4 is 10.6 Å². The molecule has 208 valence electrons. The topological polar surface area (TPSA) is 94.6 Å². The number of amides is 2. The van der Waals surface area contributed by atoms with E-state index >= 15 is 0 Å². The molecule has 3 N–H and O–H groups in total. The smallest absolute Gasteiger partial charge is 0.388 e. The molecule has 2 aliphatic rings. The van der Waals surface area contributed by atoms with Crippen LogP contribution >= 0.6 is 11.3 Å². The number of fused-ring (bicyclic) bond motifs is 2. The van der Waals surface area contributed by atoms with Gasteiger partial charge in [0.2, 0.25) is 0 Å². The van der Waals surface area contributed by atoms with E-state index in [4.69, 9.17) is 0 Å². The summed E-state index contributed by atoms with van der Waals surface area (Å²) in [4.78, 5) is 33.7. The fourth-order valence-corrected chi connectivity index (χ4v) is 6.22. The predicted octanol–water partition coefficient (Wildman–Crippen LogP) is 5.53. The van der Waals surface area contributed by atoms with Crippen LogP contribution in [0.15, 0.2) is 18.2 Å². The Labute approximate surface area is 224 Å². The lowest BCUT2D eigenvalue weighted by Crippen LogP contribution is -2.47. The van der Waals surface area contributed by atoms with E-state index in [1.807, 2.05) is 4.90 Å². The van der Waals surface area contributed by atoms with E-state index in [0.717, 1.165) is 37.0 Å². The molecular weight excluding hydrogens is 517 g/mol. The fraction of sp³-hybridized carbons (Fsp3) is 0.593. The Morgan fingerprint density at radius 2 is 1.79 bits per heavy atom. The lowest BCUT2D eigenvalue weighted by molar-refractivity contribution is -0.142. The standard InChI is InChI=1S/C27H35F3N4O3S/c1-6-20(27(28,29)30)32-16-7-12-19(14(2)13-16)22-21(25(36)34-17-8-9-18(34)11-10-17)33-24(38-22)23(35)31-15(3)26(4,5)37/h7,12-13,15,17-18,20,32,37H,6,8-11H2,1-5H3,(H,31,35)/t15-,17?,18?,20-/m0/s1. The molecule has 2 bridgehead atoms. The van der Waals surface area contributed by atoms with E-state index in [1.54, 1.807) is 45.9 Å². The predicted molar refractivity (Wildman–Crippen MR) is 141 cm³/mol. The maximum absolute atomic E-state index is 13.8. The van der Waals surface area contributed by atoms with Gasteiger partial charge in [-0.3, -0.25) is 9.59 Å². The summed E-state index contributed by atoms with van der Waals surface area (Å²) in [7, 11) is 0. The van der Waals surface area contributed by atoms with Crippen LogP contribution in [0, 0.1) is 6.92 Å². The van der Waals surface area contributed by atoms with Crippen LogP contribution in [-0.2, 0) is 0 Å². The maximum Gasteiger partial charge on any atom is 0.408 e. The number of aromatic nitrogens is 1. The molecule has 2 saturated heterocycles. The van der Waals surface area contributed by atoms with Gasteiger partial charge in [0.1, 0.15) is 11.7 Å². The second kappa shape index (κ2) is 10.5. The molecule has 0 spiro atoms. The summed E-state index contributed by atoms with van der Waals surface area (Å²) >= 11 is 1.07. The summed E-state index contributed by atoms with van der Waals surface area (Å²) < 4.78 is 39.9. The number of hydrogen-bond donors (Lipinski definition) is 3. The molecule has 3 heterocycles. The van der Waals surface area contributed by atoms with Crippen molar-refractivity contribution >= 4 is 28.8 Å². The first-order valence-corrected chi connectivity index (χ1v) is 13.8. The number of carbonyl (C=O) groups excluding carboxylic acids is 2. The van der Waals surface area contributed by atoms with Gasteiger partial charge in [0.15, 0.2) is 5.01 Å². The van der Waals surface area contributed by atoms with Crippen molar-refractivity contribution in [3.05, 3.63) is 34.5 Å². The summed E-state index contributed by atoms with van der Waals surface area (Å²) in [5.74, 6) is -0.721. The SMILES string of the molecule is CC[C@H](Nc1ccc(-c2sc(C(=O)N[C@@H](C)C(C)(C)O)nc2C(=O)N2C3CCC2CC3)c(C)c1)C(F)(F)F. The van der Waals surface area contributed by atoms with Gasteiger partial charge in [-0.05, 0) is 83.1 Å².